The van der Waals surface area contributed by atoms with E-state index in [4.69, 9.17) is 0 Å². The minimum Gasteiger partial charge on any atom is -0.464 e. The predicted molar refractivity (Wildman–Crippen MR) is 130 cm³/mol. The maximum absolute atomic E-state index is 16.1. The van der Waals surface area contributed by atoms with Crippen molar-refractivity contribution in [3.8, 4) is 22.4 Å². The van der Waals surface area contributed by atoms with Gasteiger partial charge in [-0.25, -0.2) is 30.8 Å². The fourth-order valence-electron chi connectivity index (χ4n) is 3.91. The van der Waals surface area contributed by atoms with Crippen LogP contribution in [0.25, 0.3) is 22.4 Å². The van der Waals surface area contributed by atoms with Crippen molar-refractivity contribution in [2.45, 2.75) is 31.7 Å². The molecule has 1 N–H and O–H groups in total. The second kappa shape index (κ2) is 10.2. The number of halogens is 4. The zero-order valence-corrected chi connectivity index (χ0v) is 20.8. The number of carboxylic acid groups (broad SMARTS) is 1. The summed E-state index contributed by atoms with van der Waals surface area (Å²) in [6.45, 7) is 3.54. The molecule has 13 heteroatoms. The highest BCUT2D eigenvalue weighted by atomic mass is 32.2. The first-order valence-electron chi connectivity index (χ1n) is 11.2. The van der Waals surface area contributed by atoms with Gasteiger partial charge >= 0.3 is 6.09 Å². The molecule has 0 bridgehead atoms. The van der Waals surface area contributed by atoms with Crippen molar-refractivity contribution in [3.63, 3.8) is 0 Å². The zero-order chi connectivity index (χ0) is 27.8. The van der Waals surface area contributed by atoms with Crippen LogP contribution in [0.3, 0.4) is 0 Å². The number of carbonyl (C=O) groups is 1. The van der Waals surface area contributed by atoms with Crippen LogP contribution in [0.5, 0.6) is 0 Å². The van der Waals surface area contributed by atoms with Gasteiger partial charge in [-0.2, -0.15) is 9.40 Å². The van der Waals surface area contributed by atoms with Crippen molar-refractivity contribution in [1.29, 1.82) is 0 Å². The SMILES string of the molecule is CCc1cc(N(C(=O)O)S(=O)(=O)c2cc(F)ccc2F)c(F)c(-c2nn(CC)cc2-c2ccncc2)c1F. The van der Waals surface area contributed by atoms with Gasteiger partial charge in [-0.1, -0.05) is 6.92 Å². The summed E-state index contributed by atoms with van der Waals surface area (Å²) in [7, 11) is -5.41. The van der Waals surface area contributed by atoms with Gasteiger partial charge in [-0.05, 0) is 60.9 Å². The summed E-state index contributed by atoms with van der Waals surface area (Å²) < 4.78 is 87.4. The number of sulfonamides is 1. The van der Waals surface area contributed by atoms with E-state index < -0.39 is 59.8 Å². The molecule has 1 amide bonds. The van der Waals surface area contributed by atoms with Gasteiger partial charge < -0.3 is 5.11 Å². The first kappa shape index (κ1) is 26.8. The molecule has 0 unspecified atom stereocenters. The Hall–Kier alpha value is -4.26. The average molecular weight is 549 g/mol. The summed E-state index contributed by atoms with van der Waals surface area (Å²) >= 11 is 0. The number of aromatic nitrogens is 3. The second-order valence-electron chi connectivity index (χ2n) is 8.02. The number of pyridine rings is 1. The topological polar surface area (TPSA) is 105 Å². The monoisotopic (exact) mass is 548 g/mol. The fraction of sp³-hybridized carbons (Fsp3) is 0.160. The molecule has 198 valence electrons. The minimum atomic E-state index is -5.41. The van der Waals surface area contributed by atoms with Crippen LogP contribution in [0.4, 0.5) is 28.0 Å². The molecule has 2 aromatic carbocycles. The maximum Gasteiger partial charge on any atom is 0.426 e. The molecule has 0 atom stereocenters. The summed E-state index contributed by atoms with van der Waals surface area (Å²) in [5.41, 5.74) is -1.57. The van der Waals surface area contributed by atoms with Gasteiger partial charge in [0.2, 0.25) is 0 Å². The summed E-state index contributed by atoms with van der Waals surface area (Å²) in [4.78, 5) is 14.8. The second-order valence-corrected chi connectivity index (χ2v) is 9.78. The highest BCUT2D eigenvalue weighted by Crippen LogP contribution is 2.40. The number of benzene rings is 2. The molecular formula is C25H20F4N4O4S. The normalized spacial score (nSPS) is 11.5. The van der Waals surface area contributed by atoms with E-state index in [9.17, 15) is 27.1 Å². The molecule has 4 aromatic rings. The Morgan fingerprint density at radius 2 is 1.71 bits per heavy atom. The Bertz CT molecular complexity index is 1640. The maximum atomic E-state index is 16.1. The number of rotatable bonds is 7. The van der Waals surface area contributed by atoms with Gasteiger partial charge in [-0.15, -0.1) is 0 Å². The molecule has 38 heavy (non-hydrogen) atoms. The number of nitrogens with zero attached hydrogens (tertiary/aromatic N) is 4. The van der Waals surface area contributed by atoms with Crippen LogP contribution in [0.15, 0.2) is 59.9 Å². The van der Waals surface area contributed by atoms with Crippen LogP contribution < -0.4 is 4.31 Å². The summed E-state index contributed by atoms with van der Waals surface area (Å²) in [5.74, 6) is -5.28. The van der Waals surface area contributed by atoms with Gasteiger partial charge in [0, 0.05) is 30.7 Å². The van der Waals surface area contributed by atoms with Gasteiger partial charge in [0.25, 0.3) is 10.0 Å². The highest BCUT2D eigenvalue weighted by molar-refractivity contribution is 7.93. The van der Waals surface area contributed by atoms with E-state index in [0.717, 1.165) is 0 Å². The molecule has 0 radical (unpaired) electrons. The van der Waals surface area contributed by atoms with Crippen molar-refractivity contribution in [1.82, 2.24) is 14.8 Å². The molecule has 0 aliphatic carbocycles. The summed E-state index contributed by atoms with van der Waals surface area (Å²) in [6, 6.07) is 5.25. The molecule has 8 nitrogen and oxygen atoms in total. The summed E-state index contributed by atoms with van der Waals surface area (Å²) in [6.07, 6.45) is 2.12. The van der Waals surface area contributed by atoms with Crippen LogP contribution in [0, 0.1) is 23.3 Å². The third-order valence-corrected chi connectivity index (χ3v) is 7.46. The van der Waals surface area contributed by atoms with Crippen LogP contribution >= 0.6 is 0 Å². The van der Waals surface area contributed by atoms with E-state index in [0.29, 0.717) is 30.3 Å². The van der Waals surface area contributed by atoms with Crippen molar-refractivity contribution < 1.29 is 35.9 Å². The van der Waals surface area contributed by atoms with Crippen molar-refractivity contribution in [3.05, 3.63) is 83.8 Å². The van der Waals surface area contributed by atoms with Crippen LogP contribution in [-0.4, -0.2) is 34.4 Å². The lowest BCUT2D eigenvalue weighted by Crippen LogP contribution is -2.37. The molecule has 0 aliphatic rings. The largest absolute Gasteiger partial charge is 0.464 e. The number of amides is 1. The molecule has 0 fully saturated rings. The van der Waals surface area contributed by atoms with E-state index in [1.807, 2.05) is 0 Å². The third-order valence-electron chi connectivity index (χ3n) is 5.76. The number of anilines is 1. The molecule has 0 saturated carbocycles. The van der Waals surface area contributed by atoms with Crippen molar-refractivity contribution >= 4 is 21.8 Å². The molecule has 4 rings (SSSR count). The van der Waals surface area contributed by atoms with E-state index in [1.165, 1.54) is 30.2 Å². The van der Waals surface area contributed by atoms with Crippen molar-refractivity contribution in [2.75, 3.05) is 4.31 Å². The average Bonchev–Trinajstić information content (AvgIpc) is 3.31. The molecule has 2 heterocycles. The van der Waals surface area contributed by atoms with E-state index in [1.54, 1.807) is 19.1 Å². The lowest BCUT2D eigenvalue weighted by Gasteiger charge is -2.22. The Morgan fingerprint density at radius 1 is 1.03 bits per heavy atom. The quantitative estimate of drug-likeness (QED) is 0.301. The minimum absolute atomic E-state index is 0.0903. The van der Waals surface area contributed by atoms with Gasteiger partial charge in [-0.3, -0.25) is 9.67 Å². The number of hydrogen-bond donors (Lipinski definition) is 1. The number of hydrogen-bond acceptors (Lipinski definition) is 5. The van der Waals surface area contributed by atoms with Gasteiger partial charge in [0.1, 0.15) is 33.7 Å². The van der Waals surface area contributed by atoms with E-state index in [-0.39, 0.29) is 29.3 Å². The van der Waals surface area contributed by atoms with Crippen LogP contribution in [0.1, 0.15) is 19.4 Å². The highest BCUT2D eigenvalue weighted by Gasteiger charge is 2.38. The summed E-state index contributed by atoms with van der Waals surface area (Å²) in [5, 5.41) is 14.1. The third kappa shape index (κ3) is 4.60. The Balaban J connectivity index is 2.05. The van der Waals surface area contributed by atoms with Crippen LogP contribution in [-0.2, 0) is 23.0 Å². The lowest BCUT2D eigenvalue weighted by molar-refractivity contribution is 0.206. The molecular weight excluding hydrogens is 528 g/mol. The van der Waals surface area contributed by atoms with E-state index >= 15 is 8.78 Å². The standard InChI is InChI=1S/C25H20F4N4O4S/c1-3-14-11-19(33(25(34)35)38(36,37)20-12-16(26)5-6-18(20)27)23(29)21(22(14)28)24-17(13-32(4-2)31-24)15-7-9-30-10-8-15/h5-13H,3-4H2,1-2H3,(H,34,35). The van der Waals surface area contributed by atoms with Gasteiger partial charge in [0.15, 0.2) is 5.82 Å². The zero-order valence-electron chi connectivity index (χ0n) is 20.0. The van der Waals surface area contributed by atoms with Crippen LogP contribution in [0.2, 0.25) is 0 Å². The molecule has 0 saturated heterocycles. The Labute approximate surface area is 214 Å². The molecule has 2 aromatic heterocycles. The predicted octanol–water partition coefficient (Wildman–Crippen LogP) is 5.62. The fourth-order valence-corrected chi connectivity index (χ4v) is 5.28. The number of aryl methyl sites for hydroxylation is 2. The first-order valence-corrected chi connectivity index (χ1v) is 12.7. The molecule has 0 spiro atoms. The Morgan fingerprint density at radius 3 is 2.32 bits per heavy atom. The lowest BCUT2D eigenvalue weighted by atomic mass is 9.98. The Kier molecular flexibility index (Phi) is 7.22. The van der Waals surface area contributed by atoms with Gasteiger partial charge in [0.05, 0.1) is 5.56 Å². The smallest absolute Gasteiger partial charge is 0.426 e. The first-order chi connectivity index (χ1) is 18.0. The van der Waals surface area contributed by atoms with E-state index in [2.05, 4.69) is 10.1 Å². The molecule has 0 aliphatic heterocycles. The van der Waals surface area contributed by atoms with Crippen molar-refractivity contribution in [2.24, 2.45) is 0 Å².